The molecule has 12 heavy (non-hydrogen) atoms. The zero-order chi connectivity index (χ0) is 8.39. The van der Waals surface area contributed by atoms with Crippen molar-refractivity contribution in [1.29, 1.82) is 0 Å². The molecule has 0 radical (unpaired) electrons. The van der Waals surface area contributed by atoms with Crippen molar-refractivity contribution in [1.82, 2.24) is 0 Å². The van der Waals surface area contributed by atoms with Crippen LogP contribution >= 0.6 is 0 Å². The SMILES string of the molecule is CCC1[Te]C=Cc2ccccc21. The fourth-order valence-electron chi connectivity index (χ4n) is 1.55. The summed E-state index contributed by atoms with van der Waals surface area (Å²) in [5.74, 6) is 0. The Hall–Kier alpha value is -0.250. The Kier molecular flexibility index (Phi) is 2.54. The van der Waals surface area contributed by atoms with Gasteiger partial charge < -0.3 is 0 Å². The molecule has 0 nitrogen and oxygen atoms in total. The second-order valence-electron chi connectivity index (χ2n) is 2.96. The van der Waals surface area contributed by atoms with Gasteiger partial charge in [-0.05, 0) is 0 Å². The van der Waals surface area contributed by atoms with Crippen molar-refractivity contribution in [3.63, 3.8) is 0 Å². The summed E-state index contributed by atoms with van der Waals surface area (Å²) in [6.45, 7) is 2.30. The van der Waals surface area contributed by atoms with Crippen LogP contribution in [0.4, 0.5) is 0 Å². The first kappa shape index (κ1) is 8.35. The summed E-state index contributed by atoms with van der Waals surface area (Å²) in [5, 5.41) is 0. The molecule has 0 aliphatic carbocycles. The summed E-state index contributed by atoms with van der Waals surface area (Å²) >= 11 is 0.109. The van der Waals surface area contributed by atoms with E-state index in [1.807, 2.05) is 0 Å². The molecule has 0 saturated heterocycles. The zero-order valence-corrected chi connectivity index (χ0v) is 9.49. The molecule has 1 aromatic carbocycles. The summed E-state index contributed by atoms with van der Waals surface area (Å²) in [6, 6.07) is 8.80. The summed E-state index contributed by atoms with van der Waals surface area (Å²) in [4.78, 5) is 0. The van der Waals surface area contributed by atoms with Crippen molar-refractivity contribution >= 4 is 27.0 Å². The molecule has 62 valence electrons. The Morgan fingerprint density at radius 2 is 2.17 bits per heavy atom. The molecule has 1 aromatic rings. The minimum atomic E-state index is 0.109. The third kappa shape index (κ3) is 1.44. The van der Waals surface area contributed by atoms with Crippen molar-refractivity contribution in [3.8, 4) is 0 Å². The van der Waals surface area contributed by atoms with E-state index in [0.29, 0.717) is 0 Å². The predicted octanol–water partition coefficient (Wildman–Crippen LogP) is 2.83. The van der Waals surface area contributed by atoms with Crippen LogP contribution in [0.1, 0.15) is 28.4 Å². The Labute approximate surface area is 83.8 Å². The molecule has 0 spiro atoms. The summed E-state index contributed by atoms with van der Waals surface area (Å²) in [7, 11) is 0. The third-order valence-electron chi connectivity index (χ3n) is 2.20. The molecule has 2 rings (SSSR count). The van der Waals surface area contributed by atoms with Gasteiger partial charge >= 0.3 is 83.8 Å². The quantitative estimate of drug-likeness (QED) is 0.689. The molecule has 1 aliphatic heterocycles. The van der Waals surface area contributed by atoms with Gasteiger partial charge in [-0.15, -0.1) is 0 Å². The molecular weight excluding hydrogens is 260 g/mol. The van der Waals surface area contributed by atoms with E-state index in [0.717, 1.165) is 3.97 Å². The number of hydrogen-bond acceptors (Lipinski definition) is 0. The van der Waals surface area contributed by atoms with Crippen LogP contribution in [0.25, 0.3) is 6.08 Å². The van der Waals surface area contributed by atoms with Gasteiger partial charge in [-0.25, -0.2) is 0 Å². The second-order valence-corrected chi connectivity index (χ2v) is 6.14. The van der Waals surface area contributed by atoms with E-state index in [-0.39, 0.29) is 20.9 Å². The molecular formula is C11H12Te. The van der Waals surface area contributed by atoms with Gasteiger partial charge in [0.15, 0.2) is 0 Å². The van der Waals surface area contributed by atoms with Gasteiger partial charge in [-0.1, -0.05) is 0 Å². The van der Waals surface area contributed by atoms with Crippen LogP contribution in [0, 0.1) is 0 Å². The van der Waals surface area contributed by atoms with Crippen LogP contribution in [-0.2, 0) is 0 Å². The van der Waals surface area contributed by atoms with Crippen LogP contribution in [0.5, 0.6) is 0 Å². The summed E-state index contributed by atoms with van der Waals surface area (Å²) < 4.78 is 3.30. The molecule has 0 N–H and O–H groups in total. The molecule has 1 aliphatic rings. The molecule has 0 aromatic heterocycles. The van der Waals surface area contributed by atoms with Crippen LogP contribution in [0.15, 0.2) is 28.4 Å². The van der Waals surface area contributed by atoms with E-state index in [4.69, 9.17) is 0 Å². The normalized spacial score (nSPS) is 20.6. The molecule has 0 saturated carbocycles. The van der Waals surface area contributed by atoms with Crippen molar-refractivity contribution in [2.75, 3.05) is 0 Å². The number of fused-ring (bicyclic) bond motifs is 1. The molecule has 0 fully saturated rings. The van der Waals surface area contributed by atoms with Crippen molar-refractivity contribution < 1.29 is 0 Å². The Bertz CT molecular complexity index is 302. The number of hydrogen-bond donors (Lipinski definition) is 0. The van der Waals surface area contributed by atoms with Gasteiger partial charge in [0.05, 0.1) is 0 Å². The van der Waals surface area contributed by atoms with E-state index >= 15 is 0 Å². The van der Waals surface area contributed by atoms with E-state index in [9.17, 15) is 0 Å². The fourth-order valence-corrected chi connectivity index (χ4v) is 4.32. The average Bonchev–Trinajstić information content (AvgIpc) is 2.17. The molecule has 1 unspecified atom stereocenters. The van der Waals surface area contributed by atoms with Gasteiger partial charge in [0.25, 0.3) is 0 Å². The average molecular weight is 272 g/mol. The minimum absolute atomic E-state index is 0.109. The first-order valence-electron chi connectivity index (χ1n) is 4.32. The van der Waals surface area contributed by atoms with Gasteiger partial charge in [0.2, 0.25) is 0 Å². The van der Waals surface area contributed by atoms with Gasteiger partial charge in [0.1, 0.15) is 0 Å². The van der Waals surface area contributed by atoms with E-state index < -0.39 is 0 Å². The zero-order valence-electron chi connectivity index (χ0n) is 7.16. The first-order valence-corrected chi connectivity index (χ1v) is 7.02. The number of rotatable bonds is 1. The molecule has 1 heteroatoms. The Morgan fingerprint density at radius 1 is 1.33 bits per heavy atom. The Morgan fingerprint density at radius 3 is 3.00 bits per heavy atom. The third-order valence-corrected chi connectivity index (χ3v) is 5.65. The van der Waals surface area contributed by atoms with Crippen molar-refractivity contribution in [2.45, 2.75) is 17.3 Å². The van der Waals surface area contributed by atoms with Crippen molar-refractivity contribution in [2.24, 2.45) is 0 Å². The molecule has 1 heterocycles. The Balaban J connectivity index is 2.45. The predicted molar refractivity (Wildman–Crippen MR) is 54.3 cm³/mol. The van der Waals surface area contributed by atoms with E-state index in [1.54, 1.807) is 5.56 Å². The first-order chi connectivity index (χ1) is 5.92. The van der Waals surface area contributed by atoms with Gasteiger partial charge in [0, 0.05) is 0 Å². The second kappa shape index (κ2) is 3.64. The molecule has 0 amide bonds. The topological polar surface area (TPSA) is 0 Å². The van der Waals surface area contributed by atoms with Crippen LogP contribution in [-0.4, -0.2) is 20.9 Å². The standard InChI is InChI=1S/C11H12Te/c1-2-11-10-6-4-3-5-9(10)7-8-12-11/h3-8,11H,2H2,1H3. The maximum absolute atomic E-state index is 2.42. The molecule has 1 atom stereocenters. The summed E-state index contributed by atoms with van der Waals surface area (Å²) in [6.07, 6.45) is 3.60. The van der Waals surface area contributed by atoms with E-state index in [1.165, 1.54) is 12.0 Å². The van der Waals surface area contributed by atoms with Crippen LogP contribution < -0.4 is 0 Å². The van der Waals surface area contributed by atoms with E-state index in [2.05, 4.69) is 41.4 Å². The van der Waals surface area contributed by atoms with Gasteiger partial charge in [-0.2, -0.15) is 0 Å². The molecule has 0 bridgehead atoms. The van der Waals surface area contributed by atoms with Crippen molar-refractivity contribution in [3.05, 3.63) is 39.5 Å². The van der Waals surface area contributed by atoms with Gasteiger partial charge in [-0.3, -0.25) is 0 Å². The number of benzene rings is 1. The summed E-state index contributed by atoms with van der Waals surface area (Å²) in [5.41, 5.74) is 3.03. The fraction of sp³-hybridized carbons (Fsp3) is 0.273. The van der Waals surface area contributed by atoms with Crippen LogP contribution in [0.3, 0.4) is 0 Å². The van der Waals surface area contributed by atoms with Crippen LogP contribution in [0.2, 0.25) is 0 Å². The monoisotopic (exact) mass is 274 g/mol. The maximum atomic E-state index is 2.42.